The minimum atomic E-state index is -0.906. The van der Waals surface area contributed by atoms with Crippen molar-refractivity contribution in [1.29, 1.82) is 5.26 Å². The molecular weight excluding hydrogens is 336 g/mol. The van der Waals surface area contributed by atoms with Gasteiger partial charge in [-0.15, -0.1) is 11.3 Å². The molecular formula is C19H20N2O3S. The Morgan fingerprint density at radius 2 is 2.04 bits per heavy atom. The van der Waals surface area contributed by atoms with Crippen LogP contribution in [-0.2, 0) is 22.4 Å². The van der Waals surface area contributed by atoms with Crippen LogP contribution in [0.15, 0.2) is 12.2 Å². The average molecular weight is 356 g/mol. The highest BCUT2D eigenvalue weighted by Gasteiger charge is 2.51. The number of carbonyl (C=O) groups excluding carboxylic acids is 1. The van der Waals surface area contributed by atoms with Crippen LogP contribution in [0.4, 0.5) is 5.00 Å². The first-order valence-electron chi connectivity index (χ1n) is 8.76. The molecule has 3 aliphatic rings. The smallest absolute Gasteiger partial charge is 0.307 e. The van der Waals surface area contributed by atoms with E-state index in [-0.39, 0.29) is 17.7 Å². The van der Waals surface area contributed by atoms with E-state index in [4.69, 9.17) is 0 Å². The number of hydrogen-bond acceptors (Lipinski definition) is 4. The Morgan fingerprint density at radius 1 is 1.32 bits per heavy atom. The first-order valence-corrected chi connectivity index (χ1v) is 9.58. The van der Waals surface area contributed by atoms with Crippen molar-refractivity contribution in [3.63, 3.8) is 0 Å². The molecule has 25 heavy (non-hydrogen) atoms. The van der Waals surface area contributed by atoms with Crippen LogP contribution in [0.5, 0.6) is 0 Å². The summed E-state index contributed by atoms with van der Waals surface area (Å²) >= 11 is 1.49. The fraction of sp³-hybridized carbons (Fsp3) is 0.526. The Balaban J connectivity index is 1.61. The molecule has 1 aromatic heterocycles. The van der Waals surface area contributed by atoms with Gasteiger partial charge in [0.15, 0.2) is 0 Å². The summed E-state index contributed by atoms with van der Waals surface area (Å²) in [4.78, 5) is 25.7. The van der Waals surface area contributed by atoms with Gasteiger partial charge in [-0.25, -0.2) is 0 Å². The molecule has 0 saturated heterocycles. The van der Waals surface area contributed by atoms with E-state index in [1.54, 1.807) is 0 Å². The maximum atomic E-state index is 12.9. The summed E-state index contributed by atoms with van der Waals surface area (Å²) in [6.45, 7) is 2.20. The van der Waals surface area contributed by atoms with Gasteiger partial charge in [0.2, 0.25) is 5.91 Å². The Kier molecular flexibility index (Phi) is 3.92. The van der Waals surface area contributed by atoms with E-state index in [1.807, 2.05) is 12.2 Å². The second-order valence-corrected chi connectivity index (χ2v) is 8.60. The van der Waals surface area contributed by atoms with Gasteiger partial charge >= 0.3 is 5.97 Å². The zero-order valence-corrected chi connectivity index (χ0v) is 14.8. The summed E-state index contributed by atoms with van der Waals surface area (Å²) < 4.78 is 0. The molecule has 1 amide bonds. The van der Waals surface area contributed by atoms with Gasteiger partial charge in [0.05, 0.1) is 17.4 Å². The quantitative estimate of drug-likeness (QED) is 0.814. The van der Waals surface area contributed by atoms with E-state index in [0.29, 0.717) is 16.5 Å². The van der Waals surface area contributed by atoms with E-state index < -0.39 is 17.8 Å². The molecule has 4 rings (SSSR count). The largest absolute Gasteiger partial charge is 0.481 e. The molecule has 2 bridgehead atoms. The number of carboxylic acids is 1. The standard InChI is InChI=1S/C19H20N2O3S/c1-9-2-5-12-13(8-20)18(25-14(12)6-9)21-17(22)15-10-3-4-11(7-10)16(15)19(23)24/h3-4,9-11,15-16H,2,5-7H2,1H3,(H,21,22)(H,23,24)/t9-,10-,11-,15+,16-/m0/s1. The maximum absolute atomic E-state index is 12.9. The second-order valence-electron chi connectivity index (χ2n) is 7.50. The Morgan fingerprint density at radius 3 is 2.72 bits per heavy atom. The topological polar surface area (TPSA) is 90.2 Å². The van der Waals surface area contributed by atoms with E-state index in [1.165, 1.54) is 16.2 Å². The highest BCUT2D eigenvalue weighted by Crippen LogP contribution is 2.49. The van der Waals surface area contributed by atoms with Crippen LogP contribution < -0.4 is 5.32 Å². The predicted molar refractivity (Wildman–Crippen MR) is 94.2 cm³/mol. The van der Waals surface area contributed by atoms with Crippen LogP contribution in [0.1, 0.15) is 35.8 Å². The molecule has 2 N–H and O–H groups in total. The summed E-state index contributed by atoms with van der Waals surface area (Å²) in [6, 6.07) is 2.25. The third-order valence-electron chi connectivity index (χ3n) is 5.91. The van der Waals surface area contributed by atoms with Crippen molar-refractivity contribution in [1.82, 2.24) is 0 Å². The van der Waals surface area contributed by atoms with E-state index >= 15 is 0 Å². The molecule has 1 fully saturated rings. The fourth-order valence-electron chi connectivity index (χ4n) is 4.67. The minimum Gasteiger partial charge on any atom is -0.481 e. The van der Waals surface area contributed by atoms with Crippen molar-refractivity contribution in [3.05, 3.63) is 28.2 Å². The van der Waals surface area contributed by atoms with Crippen molar-refractivity contribution in [2.45, 2.75) is 32.6 Å². The lowest BCUT2D eigenvalue weighted by atomic mass is 9.82. The number of hydrogen-bond donors (Lipinski definition) is 2. The lowest BCUT2D eigenvalue weighted by molar-refractivity contribution is -0.146. The molecule has 1 aromatic rings. The number of fused-ring (bicyclic) bond motifs is 3. The molecule has 0 unspecified atom stereocenters. The number of carboxylic acid groups (broad SMARTS) is 1. The Bertz CT molecular complexity index is 819. The normalized spacial score (nSPS) is 32.2. The number of thiophene rings is 1. The van der Waals surface area contributed by atoms with Crippen LogP contribution in [0.2, 0.25) is 0 Å². The van der Waals surface area contributed by atoms with Gasteiger partial charge in [-0.05, 0) is 49.0 Å². The number of nitrogens with one attached hydrogen (secondary N) is 1. The molecule has 0 aromatic carbocycles. The summed E-state index contributed by atoms with van der Waals surface area (Å²) in [5, 5.41) is 22.6. The molecule has 0 aliphatic heterocycles. The van der Waals surface area contributed by atoms with Crippen molar-refractivity contribution < 1.29 is 14.7 Å². The molecule has 130 valence electrons. The summed E-state index contributed by atoms with van der Waals surface area (Å²) in [5.41, 5.74) is 1.65. The summed E-state index contributed by atoms with van der Waals surface area (Å²) in [7, 11) is 0. The fourth-order valence-corrected chi connectivity index (χ4v) is 6.03. The minimum absolute atomic E-state index is 0.00811. The lowest BCUT2D eigenvalue weighted by Crippen LogP contribution is -2.36. The van der Waals surface area contributed by atoms with Crippen LogP contribution in [-0.4, -0.2) is 17.0 Å². The van der Waals surface area contributed by atoms with Gasteiger partial charge in [0, 0.05) is 4.88 Å². The zero-order valence-electron chi connectivity index (χ0n) is 14.0. The maximum Gasteiger partial charge on any atom is 0.307 e. The van der Waals surface area contributed by atoms with Gasteiger partial charge in [-0.2, -0.15) is 5.26 Å². The van der Waals surface area contributed by atoms with Crippen LogP contribution in [0, 0.1) is 40.9 Å². The third kappa shape index (κ3) is 2.58. The number of allylic oxidation sites excluding steroid dienone is 2. The number of aliphatic carboxylic acids is 1. The van der Waals surface area contributed by atoms with Gasteiger partial charge in [-0.3, -0.25) is 9.59 Å². The summed E-state index contributed by atoms with van der Waals surface area (Å²) in [5.74, 6) is -1.83. The van der Waals surface area contributed by atoms with Crippen LogP contribution in [0.25, 0.3) is 0 Å². The Hall–Kier alpha value is -2.13. The molecule has 6 heteroatoms. The first kappa shape index (κ1) is 16.3. The van der Waals surface area contributed by atoms with Gasteiger partial charge in [0.1, 0.15) is 11.1 Å². The zero-order chi connectivity index (χ0) is 17.7. The number of amides is 1. The molecule has 1 saturated carbocycles. The third-order valence-corrected chi connectivity index (χ3v) is 7.08. The molecule has 0 spiro atoms. The van der Waals surface area contributed by atoms with Crippen LogP contribution in [0.3, 0.4) is 0 Å². The monoisotopic (exact) mass is 356 g/mol. The predicted octanol–water partition coefficient (Wildman–Crippen LogP) is 3.21. The number of nitriles is 1. The van der Waals surface area contributed by atoms with Gasteiger partial charge in [0.25, 0.3) is 0 Å². The highest BCUT2D eigenvalue weighted by atomic mass is 32.1. The molecule has 5 nitrogen and oxygen atoms in total. The van der Waals surface area contributed by atoms with Crippen LogP contribution >= 0.6 is 11.3 Å². The number of rotatable bonds is 3. The molecule has 0 radical (unpaired) electrons. The number of carbonyl (C=O) groups is 2. The summed E-state index contributed by atoms with van der Waals surface area (Å²) in [6.07, 6.45) is 7.52. The van der Waals surface area contributed by atoms with Gasteiger partial charge < -0.3 is 10.4 Å². The number of nitrogens with zero attached hydrogens (tertiary/aromatic N) is 1. The SMILES string of the molecule is C[C@H]1CCc2c(sc(NC(=O)[C@H]3[C@@H](C(=O)O)[C@H]4C=C[C@H]3C4)c2C#N)C1. The molecule has 3 aliphatic carbocycles. The van der Waals surface area contributed by atoms with E-state index in [9.17, 15) is 20.0 Å². The van der Waals surface area contributed by atoms with E-state index in [0.717, 1.165) is 31.2 Å². The average Bonchev–Trinajstić information content (AvgIpc) is 3.25. The molecule has 1 heterocycles. The highest BCUT2D eigenvalue weighted by molar-refractivity contribution is 7.16. The molecule has 5 atom stereocenters. The van der Waals surface area contributed by atoms with Crippen molar-refractivity contribution in [2.75, 3.05) is 5.32 Å². The first-order chi connectivity index (χ1) is 12.0. The second kappa shape index (κ2) is 5.99. The van der Waals surface area contributed by atoms with E-state index in [2.05, 4.69) is 18.3 Å². The van der Waals surface area contributed by atoms with Gasteiger partial charge in [-0.1, -0.05) is 19.1 Å². The van der Waals surface area contributed by atoms with Crippen molar-refractivity contribution in [2.24, 2.45) is 29.6 Å². The Labute approximate surface area is 150 Å². The van der Waals surface area contributed by atoms with Crippen molar-refractivity contribution in [3.8, 4) is 6.07 Å². The lowest BCUT2D eigenvalue weighted by Gasteiger charge is -2.23. The number of anilines is 1. The van der Waals surface area contributed by atoms with Crippen molar-refractivity contribution >= 4 is 28.2 Å².